The topological polar surface area (TPSA) is 61.9 Å². The Morgan fingerprint density at radius 2 is 1.74 bits per heavy atom. The van der Waals surface area contributed by atoms with Crippen molar-refractivity contribution in [2.75, 3.05) is 45.9 Å². The average molecular weight is 400 g/mol. The fourth-order valence-electron chi connectivity index (χ4n) is 4.11. The van der Waals surface area contributed by atoms with Crippen LogP contribution in [0.4, 0.5) is 4.39 Å². The molecule has 2 aliphatic heterocycles. The molecule has 0 aliphatic carbocycles. The van der Waals surface area contributed by atoms with E-state index in [1.807, 2.05) is 0 Å². The minimum absolute atomic E-state index is 0.149. The third-order valence-corrected chi connectivity index (χ3v) is 6.89. The second kappa shape index (κ2) is 8.96. The van der Waals surface area contributed by atoms with Gasteiger partial charge in [-0.2, -0.15) is 12.7 Å². The van der Waals surface area contributed by atoms with Gasteiger partial charge in [0.25, 0.3) is 10.2 Å². The second-order valence-corrected chi connectivity index (χ2v) is 9.59. The third kappa shape index (κ3) is 5.48. The largest absolute Gasteiger partial charge is 0.379 e. The molecule has 6 nitrogen and oxygen atoms in total. The summed E-state index contributed by atoms with van der Waals surface area (Å²) >= 11 is 0. The number of rotatable bonds is 6. The number of hydrogen-bond acceptors (Lipinski definition) is 4. The Bertz CT molecular complexity index is 697. The van der Waals surface area contributed by atoms with Gasteiger partial charge in [-0.05, 0) is 36.0 Å². The van der Waals surface area contributed by atoms with E-state index in [1.165, 1.54) is 12.1 Å². The van der Waals surface area contributed by atoms with Crippen molar-refractivity contribution in [2.45, 2.75) is 26.3 Å². The highest BCUT2D eigenvalue weighted by Crippen LogP contribution is 2.25. The zero-order valence-corrected chi connectivity index (χ0v) is 16.9. The number of nitrogens with one attached hydrogen (secondary N) is 1. The summed E-state index contributed by atoms with van der Waals surface area (Å²) in [5.74, 6) is 0.422. The van der Waals surface area contributed by atoms with Crippen LogP contribution >= 0.6 is 0 Å². The van der Waals surface area contributed by atoms with Gasteiger partial charge in [-0.25, -0.2) is 9.11 Å². The van der Waals surface area contributed by atoms with Gasteiger partial charge in [-0.1, -0.05) is 26.0 Å². The summed E-state index contributed by atoms with van der Waals surface area (Å²) in [6.07, 6.45) is 1.05. The van der Waals surface area contributed by atoms with Crippen molar-refractivity contribution < 1.29 is 17.5 Å². The average Bonchev–Trinajstić information content (AvgIpc) is 2.63. The molecule has 0 spiro atoms. The van der Waals surface area contributed by atoms with E-state index >= 15 is 0 Å². The number of halogens is 1. The van der Waals surface area contributed by atoms with Crippen LogP contribution in [-0.2, 0) is 14.9 Å². The number of benzene rings is 1. The summed E-state index contributed by atoms with van der Waals surface area (Å²) in [5, 5.41) is 0. The Kier molecular flexibility index (Phi) is 6.86. The molecule has 152 valence electrons. The van der Waals surface area contributed by atoms with Crippen LogP contribution in [0.15, 0.2) is 24.3 Å². The maximum Gasteiger partial charge on any atom is 0.279 e. The lowest BCUT2D eigenvalue weighted by Crippen LogP contribution is -2.50. The molecule has 2 heterocycles. The van der Waals surface area contributed by atoms with Gasteiger partial charge in [0.1, 0.15) is 5.82 Å². The van der Waals surface area contributed by atoms with E-state index in [-0.39, 0.29) is 18.4 Å². The normalized spacial score (nSPS) is 26.8. The number of morpholine rings is 1. The Balaban J connectivity index is 1.72. The van der Waals surface area contributed by atoms with Crippen molar-refractivity contribution in [3.05, 3.63) is 35.6 Å². The number of piperidine rings is 1. The van der Waals surface area contributed by atoms with Gasteiger partial charge < -0.3 is 4.74 Å². The van der Waals surface area contributed by atoms with Crippen molar-refractivity contribution in [1.82, 2.24) is 13.9 Å². The lowest BCUT2D eigenvalue weighted by atomic mass is 9.94. The first-order chi connectivity index (χ1) is 12.8. The first-order valence-electron chi connectivity index (χ1n) is 9.67. The molecule has 1 N–H and O–H groups in total. The minimum atomic E-state index is -3.55. The third-order valence-electron chi connectivity index (χ3n) is 5.38. The molecule has 0 saturated carbocycles. The molecular formula is C19H30FN3O3S. The minimum Gasteiger partial charge on any atom is -0.379 e. The Labute approximate surface area is 161 Å². The maximum absolute atomic E-state index is 13.3. The lowest BCUT2D eigenvalue weighted by molar-refractivity contribution is 0.0171. The molecule has 1 aromatic rings. The molecule has 2 aliphatic rings. The van der Waals surface area contributed by atoms with Gasteiger partial charge >= 0.3 is 0 Å². The summed E-state index contributed by atoms with van der Waals surface area (Å²) in [4.78, 5) is 2.20. The predicted molar refractivity (Wildman–Crippen MR) is 103 cm³/mol. The van der Waals surface area contributed by atoms with E-state index in [0.717, 1.165) is 25.1 Å². The SMILES string of the molecule is CC1CC(C)CN(S(=O)(=O)NCC(c2ccc(F)cc2)N2CCOCC2)C1. The molecule has 1 aromatic carbocycles. The zero-order chi connectivity index (χ0) is 19.4. The molecule has 8 heteroatoms. The molecular weight excluding hydrogens is 369 g/mol. The first-order valence-corrected chi connectivity index (χ1v) is 11.1. The van der Waals surface area contributed by atoms with Gasteiger partial charge in [0.2, 0.25) is 0 Å². The highest BCUT2D eigenvalue weighted by molar-refractivity contribution is 7.87. The van der Waals surface area contributed by atoms with E-state index in [1.54, 1.807) is 16.4 Å². The molecule has 0 aromatic heterocycles. The molecule has 0 bridgehead atoms. The maximum atomic E-state index is 13.3. The summed E-state index contributed by atoms with van der Waals surface area (Å²) in [5.41, 5.74) is 0.904. The smallest absolute Gasteiger partial charge is 0.279 e. The van der Waals surface area contributed by atoms with Crippen LogP contribution in [0.3, 0.4) is 0 Å². The highest BCUT2D eigenvalue weighted by Gasteiger charge is 2.32. The molecule has 0 radical (unpaired) electrons. The van der Waals surface area contributed by atoms with Crippen LogP contribution in [-0.4, -0.2) is 63.6 Å². The van der Waals surface area contributed by atoms with Crippen molar-refractivity contribution >= 4 is 10.2 Å². The van der Waals surface area contributed by atoms with E-state index in [2.05, 4.69) is 23.5 Å². The van der Waals surface area contributed by atoms with Gasteiger partial charge in [0.05, 0.1) is 13.2 Å². The van der Waals surface area contributed by atoms with Gasteiger partial charge in [0.15, 0.2) is 0 Å². The quantitative estimate of drug-likeness (QED) is 0.795. The Hall–Kier alpha value is -1.06. The standard InChI is InChI=1S/C19H30FN3O3S/c1-15-11-16(2)14-23(13-15)27(24,25)21-12-19(22-7-9-26-10-8-22)17-3-5-18(20)6-4-17/h3-6,15-16,19,21H,7-14H2,1-2H3. The van der Waals surface area contributed by atoms with Crippen molar-refractivity contribution in [1.29, 1.82) is 0 Å². The van der Waals surface area contributed by atoms with E-state index in [0.29, 0.717) is 38.1 Å². The van der Waals surface area contributed by atoms with Crippen LogP contribution in [0.2, 0.25) is 0 Å². The summed E-state index contributed by atoms with van der Waals surface area (Å²) < 4.78 is 48.8. The Morgan fingerprint density at radius 3 is 2.33 bits per heavy atom. The summed E-state index contributed by atoms with van der Waals surface area (Å²) in [6.45, 7) is 8.23. The summed E-state index contributed by atoms with van der Waals surface area (Å²) in [6, 6.07) is 6.16. The van der Waals surface area contributed by atoms with Crippen molar-refractivity contribution in [3.8, 4) is 0 Å². The van der Waals surface area contributed by atoms with Gasteiger partial charge in [0, 0.05) is 38.8 Å². The number of hydrogen-bond donors (Lipinski definition) is 1. The van der Waals surface area contributed by atoms with Gasteiger partial charge in [-0.3, -0.25) is 4.90 Å². The molecule has 3 unspecified atom stereocenters. The zero-order valence-electron chi connectivity index (χ0n) is 16.1. The van der Waals surface area contributed by atoms with Crippen molar-refractivity contribution in [3.63, 3.8) is 0 Å². The van der Waals surface area contributed by atoms with Crippen LogP contribution in [0.25, 0.3) is 0 Å². The van der Waals surface area contributed by atoms with E-state index in [4.69, 9.17) is 4.74 Å². The highest BCUT2D eigenvalue weighted by atomic mass is 32.2. The van der Waals surface area contributed by atoms with Crippen molar-refractivity contribution in [2.24, 2.45) is 11.8 Å². The van der Waals surface area contributed by atoms with Crippen LogP contribution < -0.4 is 4.72 Å². The fraction of sp³-hybridized carbons (Fsp3) is 0.684. The van der Waals surface area contributed by atoms with Crippen LogP contribution in [0.5, 0.6) is 0 Å². The second-order valence-electron chi connectivity index (χ2n) is 7.83. The molecule has 0 amide bonds. The molecule has 3 atom stereocenters. The molecule has 3 rings (SSSR count). The van der Waals surface area contributed by atoms with E-state index < -0.39 is 10.2 Å². The fourth-order valence-corrected chi connectivity index (χ4v) is 5.56. The molecule has 2 fully saturated rings. The Morgan fingerprint density at radius 1 is 1.15 bits per heavy atom. The number of ether oxygens (including phenoxy) is 1. The van der Waals surface area contributed by atoms with Gasteiger partial charge in [-0.15, -0.1) is 0 Å². The molecule has 2 saturated heterocycles. The van der Waals surface area contributed by atoms with Crippen LogP contribution in [0.1, 0.15) is 31.9 Å². The monoisotopic (exact) mass is 399 g/mol. The molecule has 27 heavy (non-hydrogen) atoms. The summed E-state index contributed by atoms with van der Waals surface area (Å²) in [7, 11) is -3.55. The van der Waals surface area contributed by atoms with E-state index in [9.17, 15) is 12.8 Å². The lowest BCUT2D eigenvalue weighted by Gasteiger charge is -2.37. The predicted octanol–water partition coefficient (Wildman–Crippen LogP) is 2.01. The number of nitrogens with zero attached hydrogens (tertiary/aromatic N) is 2. The van der Waals surface area contributed by atoms with Crippen LogP contribution in [0, 0.1) is 17.7 Å². The first kappa shape index (κ1) is 20.7.